The summed E-state index contributed by atoms with van der Waals surface area (Å²) in [4.78, 5) is 29.6. The molecule has 6 heteroatoms. The van der Waals surface area contributed by atoms with E-state index in [4.69, 9.17) is 12.2 Å². The number of aromatic nitrogens is 1. The lowest BCUT2D eigenvalue weighted by Gasteiger charge is -2.19. The molecule has 1 aliphatic heterocycles. The van der Waals surface area contributed by atoms with Crippen LogP contribution < -0.4 is 4.90 Å². The second-order valence-electron chi connectivity index (χ2n) is 5.70. The van der Waals surface area contributed by atoms with Gasteiger partial charge >= 0.3 is 0 Å². The van der Waals surface area contributed by atoms with Crippen LogP contribution in [0.1, 0.15) is 25.7 Å². The van der Waals surface area contributed by atoms with Crippen molar-refractivity contribution in [2.75, 3.05) is 4.90 Å². The van der Waals surface area contributed by atoms with E-state index in [2.05, 4.69) is 4.98 Å². The van der Waals surface area contributed by atoms with Gasteiger partial charge in [0.05, 0.1) is 27.7 Å². The molecule has 4 rings (SSSR count). The molecule has 2 amide bonds. The summed E-state index contributed by atoms with van der Waals surface area (Å²) < 4.78 is 1.68. The van der Waals surface area contributed by atoms with Crippen molar-refractivity contribution in [2.24, 2.45) is 11.8 Å². The van der Waals surface area contributed by atoms with Gasteiger partial charge in [-0.05, 0) is 43.3 Å². The number of fused-ring (bicyclic) bond motifs is 2. The Morgan fingerprint density at radius 2 is 1.81 bits per heavy atom. The van der Waals surface area contributed by atoms with Gasteiger partial charge in [0.15, 0.2) is 3.95 Å². The maximum atomic E-state index is 12.6. The van der Waals surface area contributed by atoms with E-state index in [1.54, 1.807) is 0 Å². The SMILES string of the molecule is O=C1[C@@H]2CCCC[C@H]2C(=O)N1c1ccc2[nH]c(=S)sc2c1. The molecule has 2 aliphatic rings. The lowest BCUT2D eigenvalue weighted by Crippen LogP contribution is -2.30. The second-order valence-corrected chi connectivity index (χ2v) is 7.42. The highest BCUT2D eigenvalue weighted by atomic mass is 32.1. The Morgan fingerprint density at radius 1 is 1.14 bits per heavy atom. The van der Waals surface area contributed by atoms with E-state index in [0.717, 1.165) is 35.9 Å². The number of anilines is 1. The van der Waals surface area contributed by atoms with Crippen molar-refractivity contribution in [3.05, 3.63) is 22.2 Å². The Hall–Kier alpha value is -1.53. The molecule has 108 valence electrons. The molecule has 1 aliphatic carbocycles. The van der Waals surface area contributed by atoms with Gasteiger partial charge in [-0.1, -0.05) is 12.8 Å². The number of carbonyl (C=O) groups is 2. The molecule has 0 spiro atoms. The molecular weight excluding hydrogens is 304 g/mol. The number of rotatable bonds is 1. The maximum absolute atomic E-state index is 12.6. The highest BCUT2D eigenvalue weighted by Crippen LogP contribution is 2.40. The first-order chi connectivity index (χ1) is 10.1. The van der Waals surface area contributed by atoms with Crippen LogP contribution in [0, 0.1) is 15.8 Å². The van der Waals surface area contributed by atoms with Gasteiger partial charge in [0, 0.05) is 0 Å². The number of carbonyl (C=O) groups excluding carboxylic acids is 2. The van der Waals surface area contributed by atoms with Crippen LogP contribution in [-0.4, -0.2) is 16.8 Å². The largest absolute Gasteiger partial charge is 0.337 e. The smallest absolute Gasteiger partial charge is 0.237 e. The van der Waals surface area contributed by atoms with Crippen molar-refractivity contribution in [1.29, 1.82) is 0 Å². The monoisotopic (exact) mass is 318 g/mol. The lowest BCUT2D eigenvalue weighted by molar-refractivity contribution is -0.122. The zero-order valence-corrected chi connectivity index (χ0v) is 12.9. The number of imide groups is 1. The number of aromatic amines is 1. The van der Waals surface area contributed by atoms with Crippen LogP contribution in [-0.2, 0) is 9.59 Å². The van der Waals surface area contributed by atoms with Crippen molar-refractivity contribution in [2.45, 2.75) is 25.7 Å². The van der Waals surface area contributed by atoms with E-state index in [9.17, 15) is 9.59 Å². The van der Waals surface area contributed by atoms with Gasteiger partial charge in [-0.25, -0.2) is 0 Å². The topological polar surface area (TPSA) is 53.2 Å². The number of hydrogen-bond donors (Lipinski definition) is 1. The van der Waals surface area contributed by atoms with E-state index >= 15 is 0 Å². The highest BCUT2D eigenvalue weighted by Gasteiger charge is 2.48. The number of nitrogens with zero attached hydrogens (tertiary/aromatic N) is 1. The fraction of sp³-hybridized carbons (Fsp3) is 0.400. The molecule has 21 heavy (non-hydrogen) atoms. The van der Waals surface area contributed by atoms with E-state index in [-0.39, 0.29) is 23.7 Å². The van der Waals surface area contributed by atoms with Crippen LogP contribution in [0.5, 0.6) is 0 Å². The zero-order chi connectivity index (χ0) is 14.6. The van der Waals surface area contributed by atoms with Crippen molar-refractivity contribution >= 4 is 51.3 Å². The van der Waals surface area contributed by atoms with Crippen LogP contribution in [0.15, 0.2) is 18.2 Å². The summed E-state index contributed by atoms with van der Waals surface area (Å²) in [6.07, 6.45) is 3.78. The highest BCUT2D eigenvalue weighted by molar-refractivity contribution is 7.73. The number of hydrogen-bond acceptors (Lipinski definition) is 4. The molecule has 0 radical (unpaired) electrons. The standard InChI is InChI=1S/C15H14N2O2S2/c18-13-9-3-1-2-4-10(9)14(19)17(13)8-5-6-11-12(7-8)21-15(20)16-11/h5-7,9-10H,1-4H2,(H,16,20)/t9-,10-/m1/s1. The molecule has 4 nitrogen and oxygen atoms in total. The zero-order valence-electron chi connectivity index (χ0n) is 11.3. The Kier molecular flexibility index (Phi) is 2.97. The average molecular weight is 318 g/mol. The van der Waals surface area contributed by atoms with E-state index in [1.165, 1.54) is 16.2 Å². The molecule has 1 N–H and O–H groups in total. The van der Waals surface area contributed by atoms with Crippen molar-refractivity contribution < 1.29 is 9.59 Å². The second kappa shape index (κ2) is 4.74. The number of thiazole rings is 1. The number of benzene rings is 1. The quantitative estimate of drug-likeness (QED) is 0.645. The van der Waals surface area contributed by atoms with E-state index in [0.29, 0.717) is 9.64 Å². The fourth-order valence-electron chi connectivity index (χ4n) is 3.49. The lowest BCUT2D eigenvalue weighted by atomic mass is 9.81. The third-order valence-corrected chi connectivity index (χ3v) is 5.70. The van der Waals surface area contributed by atoms with Crippen LogP contribution >= 0.6 is 23.6 Å². The van der Waals surface area contributed by atoms with Crippen LogP contribution in [0.4, 0.5) is 5.69 Å². The number of nitrogens with one attached hydrogen (secondary N) is 1. The Labute approximate surface area is 130 Å². The molecule has 1 saturated heterocycles. The summed E-state index contributed by atoms with van der Waals surface area (Å²) in [5, 5.41) is 0. The summed E-state index contributed by atoms with van der Waals surface area (Å²) in [5.41, 5.74) is 1.63. The predicted octanol–water partition coefficient (Wildman–Crippen LogP) is 3.64. The van der Waals surface area contributed by atoms with Gasteiger partial charge in [0.25, 0.3) is 0 Å². The summed E-state index contributed by atoms with van der Waals surface area (Å²) in [6, 6.07) is 5.60. The molecule has 0 bridgehead atoms. The van der Waals surface area contributed by atoms with Crippen molar-refractivity contribution in [3.63, 3.8) is 0 Å². The average Bonchev–Trinajstić information content (AvgIpc) is 2.97. The van der Waals surface area contributed by atoms with Crippen LogP contribution in [0.2, 0.25) is 0 Å². The molecule has 2 fully saturated rings. The number of amides is 2. The van der Waals surface area contributed by atoms with E-state index < -0.39 is 0 Å². The third-order valence-electron chi connectivity index (χ3n) is 4.50. The summed E-state index contributed by atoms with van der Waals surface area (Å²) in [6.45, 7) is 0. The summed E-state index contributed by atoms with van der Waals surface area (Å²) >= 11 is 6.60. The predicted molar refractivity (Wildman–Crippen MR) is 85.0 cm³/mol. The summed E-state index contributed by atoms with van der Waals surface area (Å²) in [7, 11) is 0. The van der Waals surface area contributed by atoms with Crippen LogP contribution in [0.3, 0.4) is 0 Å². The maximum Gasteiger partial charge on any atom is 0.237 e. The van der Waals surface area contributed by atoms with Gasteiger partial charge in [0.1, 0.15) is 0 Å². The molecule has 2 heterocycles. The normalized spacial score (nSPS) is 25.6. The van der Waals surface area contributed by atoms with Gasteiger partial charge in [-0.15, -0.1) is 11.3 Å². The molecule has 2 atom stereocenters. The minimum absolute atomic E-state index is 0.0248. The van der Waals surface area contributed by atoms with Gasteiger partial charge < -0.3 is 4.98 Å². The first-order valence-electron chi connectivity index (χ1n) is 7.16. The third kappa shape index (κ3) is 1.97. The molecule has 1 aromatic heterocycles. The molecule has 1 aromatic carbocycles. The minimum atomic E-state index is -0.105. The van der Waals surface area contributed by atoms with Gasteiger partial charge in [-0.2, -0.15) is 0 Å². The summed E-state index contributed by atoms with van der Waals surface area (Å²) in [5.74, 6) is -0.260. The van der Waals surface area contributed by atoms with Gasteiger partial charge in [0.2, 0.25) is 11.8 Å². The Bertz CT molecular complexity index is 783. The van der Waals surface area contributed by atoms with Crippen molar-refractivity contribution in [3.8, 4) is 0 Å². The van der Waals surface area contributed by atoms with E-state index in [1.807, 2.05) is 18.2 Å². The molecule has 0 unspecified atom stereocenters. The Morgan fingerprint density at radius 3 is 2.48 bits per heavy atom. The first-order valence-corrected chi connectivity index (χ1v) is 8.38. The molecular formula is C15H14N2O2S2. The molecule has 2 aromatic rings. The molecule has 1 saturated carbocycles. The first kappa shape index (κ1) is 13.2. The van der Waals surface area contributed by atoms with Gasteiger partial charge in [-0.3, -0.25) is 14.5 Å². The fourth-order valence-corrected chi connectivity index (χ4v) is 4.64. The minimum Gasteiger partial charge on any atom is -0.337 e. The van der Waals surface area contributed by atoms with Crippen molar-refractivity contribution in [1.82, 2.24) is 4.98 Å². The number of H-pyrrole nitrogens is 1. The van der Waals surface area contributed by atoms with Crippen LogP contribution in [0.25, 0.3) is 10.2 Å². The Balaban J connectivity index is 1.78.